The van der Waals surface area contributed by atoms with Crippen LogP contribution in [0.3, 0.4) is 0 Å². The van der Waals surface area contributed by atoms with E-state index in [1.807, 2.05) is 11.4 Å². The predicted octanol–water partition coefficient (Wildman–Crippen LogP) is 2.64. The van der Waals surface area contributed by atoms with Gasteiger partial charge in [0.2, 0.25) is 11.7 Å². The summed E-state index contributed by atoms with van der Waals surface area (Å²) in [5.41, 5.74) is 1.92. The first-order chi connectivity index (χ1) is 9.88. The van der Waals surface area contributed by atoms with Crippen LogP contribution in [-0.4, -0.2) is 27.7 Å². The van der Waals surface area contributed by atoms with Crippen molar-refractivity contribution in [3.63, 3.8) is 0 Å². The summed E-state index contributed by atoms with van der Waals surface area (Å²) in [6.45, 7) is 0.897. The Bertz CT molecular complexity index is 731. The van der Waals surface area contributed by atoms with Crippen LogP contribution < -0.4 is 5.32 Å². The number of fused-ring (bicyclic) bond motifs is 1. The molecule has 0 unspecified atom stereocenters. The molecule has 102 valence electrons. The number of hydrogen-bond donors (Lipinski definition) is 1. The Morgan fingerprint density at radius 3 is 3.25 bits per heavy atom. The van der Waals surface area contributed by atoms with Gasteiger partial charge in [-0.3, -0.25) is 4.98 Å². The summed E-state index contributed by atoms with van der Waals surface area (Å²) in [7, 11) is 0. The zero-order valence-corrected chi connectivity index (χ0v) is 11.7. The van der Waals surface area contributed by atoms with Gasteiger partial charge in [-0.2, -0.15) is 4.98 Å². The molecule has 5 nitrogen and oxygen atoms in total. The van der Waals surface area contributed by atoms with E-state index in [4.69, 9.17) is 4.52 Å². The zero-order valence-electron chi connectivity index (χ0n) is 10.9. The molecule has 6 heteroatoms. The molecule has 0 atom stereocenters. The first-order valence-corrected chi connectivity index (χ1v) is 7.66. The van der Waals surface area contributed by atoms with E-state index >= 15 is 0 Å². The number of nitrogens with one attached hydrogen (secondary N) is 1. The minimum absolute atomic E-state index is 0.620. The fourth-order valence-corrected chi connectivity index (χ4v) is 2.89. The highest BCUT2D eigenvalue weighted by Crippen LogP contribution is 2.24. The maximum atomic E-state index is 5.29. The fraction of sp³-hybridized carbons (Fsp3) is 0.357. The average Bonchev–Trinajstić information content (AvgIpc) is 2.99. The third-order valence-corrected chi connectivity index (χ3v) is 4.23. The molecular formula is C14H14N4OS. The largest absolute Gasteiger partial charge is 0.339 e. The number of hydrogen-bond acceptors (Lipinski definition) is 6. The summed E-state index contributed by atoms with van der Waals surface area (Å²) in [5.74, 6) is 1.30. The molecule has 1 saturated carbocycles. The molecule has 3 heterocycles. The summed E-state index contributed by atoms with van der Waals surface area (Å²) >= 11 is 1.67. The van der Waals surface area contributed by atoms with Crippen LogP contribution >= 0.6 is 11.3 Å². The van der Waals surface area contributed by atoms with Gasteiger partial charge in [0.1, 0.15) is 0 Å². The number of pyridine rings is 1. The van der Waals surface area contributed by atoms with Gasteiger partial charge in [-0.1, -0.05) is 5.16 Å². The molecule has 0 aliphatic heterocycles. The summed E-state index contributed by atoms with van der Waals surface area (Å²) in [6, 6.07) is 4.78. The molecule has 20 heavy (non-hydrogen) atoms. The Hall–Kier alpha value is -1.79. The van der Waals surface area contributed by atoms with Crippen LogP contribution in [0, 0.1) is 0 Å². The van der Waals surface area contributed by atoms with E-state index in [0.29, 0.717) is 17.8 Å². The lowest BCUT2D eigenvalue weighted by atomic mass is 10.2. The smallest absolute Gasteiger partial charge is 0.228 e. The van der Waals surface area contributed by atoms with Crippen LogP contribution in [0.25, 0.3) is 21.6 Å². The first-order valence-electron chi connectivity index (χ1n) is 6.78. The second-order valence-electron chi connectivity index (χ2n) is 5.02. The standard InChI is InChI=1S/C14H14N4OS/c1-2-10(1)15-5-3-13-17-14(18-19-13)9-7-12-11(16-8-9)4-6-20-12/h4,6-8,10,15H,1-3,5H2. The van der Waals surface area contributed by atoms with Gasteiger partial charge >= 0.3 is 0 Å². The molecule has 3 aromatic rings. The Labute approximate surface area is 120 Å². The summed E-state index contributed by atoms with van der Waals surface area (Å²) < 4.78 is 6.43. The molecule has 1 fully saturated rings. The lowest BCUT2D eigenvalue weighted by Gasteiger charge is -1.97. The van der Waals surface area contributed by atoms with Gasteiger partial charge in [-0.15, -0.1) is 11.3 Å². The van der Waals surface area contributed by atoms with Gasteiger partial charge in [-0.05, 0) is 30.4 Å². The molecule has 0 bridgehead atoms. The quantitative estimate of drug-likeness (QED) is 0.781. The molecule has 1 aliphatic rings. The van der Waals surface area contributed by atoms with Crippen molar-refractivity contribution in [1.82, 2.24) is 20.4 Å². The first kappa shape index (κ1) is 12.0. The van der Waals surface area contributed by atoms with Crippen molar-refractivity contribution >= 4 is 21.6 Å². The van der Waals surface area contributed by atoms with Gasteiger partial charge in [-0.25, -0.2) is 0 Å². The number of nitrogens with zero attached hydrogens (tertiary/aromatic N) is 3. The Morgan fingerprint density at radius 2 is 2.35 bits per heavy atom. The second kappa shape index (κ2) is 4.96. The van der Waals surface area contributed by atoms with Crippen LogP contribution in [0.15, 0.2) is 28.2 Å². The van der Waals surface area contributed by atoms with E-state index in [0.717, 1.165) is 28.7 Å². The number of rotatable bonds is 5. The third-order valence-electron chi connectivity index (χ3n) is 3.38. The highest BCUT2D eigenvalue weighted by molar-refractivity contribution is 7.17. The van der Waals surface area contributed by atoms with E-state index < -0.39 is 0 Å². The predicted molar refractivity (Wildman–Crippen MR) is 77.6 cm³/mol. The van der Waals surface area contributed by atoms with Crippen LogP contribution in [0.5, 0.6) is 0 Å². The Balaban J connectivity index is 1.50. The van der Waals surface area contributed by atoms with Gasteiger partial charge in [0.05, 0.1) is 10.2 Å². The van der Waals surface area contributed by atoms with Gasteiger partial charge in [0, 0.05) is 30.8 Å². The van der Waals surface area contributed by atoms with Crippen molar-refractivity contribution in [1.29, 1.82) is 0 Å². The molecule has 1 aliphatic carbocycles. The monoisotopic (exact) mass is 286 g/mol. The van der Waals surface area contributed by atoms with Gasteiger partial charge in [0.25, 0.3) is 0 Å². The number of aromatic nitrogens is 3. The zero-order chi connectivity index (χ0) is 13.4. The van der Waals surface area contributed by atoms with Crippen LogP contribution in [-0.2, 0) is 6.42 Å². The lowest BCUT2D eigenvalue weighted by Crippen LogP contribution is -2.19. The fourth-order valence-electron chi connectivity index (χ4n) is 2.11. The highest BCUT2D eigenvalue weighted by Gasteiger charge is 2.20. The van der Waals surface area contributed by atoms with E-state index in [1.54, 1.807) is 17.5 Å². The maximum absolute atomic E-state index is 5.29. The lowest BCUT2D eigenvalue weighted by molar-refractivity contribution is 0.376. The van der Waals surface area contributed by atoms with Crippen molar-refractivity contribution in [3.8, 4) is 11.4 Å². The van der Waals surface area contributed by atoms with E-state index in [-0.39, 0.29) is 0 Å². The van der Waals surface area contributed by atoms with Crippen molar-refractivity contribution in [3.05, 3.63) is 29.6 Å². The van der Waals surface area contributed by atoms with Crippen molar-refractivity contribution < 1.29 is 4.52 Å². The topological polar surface area (TPSA) is 63.8 Å². The van der Waals surface area contributed by atoms with Crippen molar-refractivity contribution in [2.75, 3.05) is 6.54 Å². The molecule has 0 saturated heterocycles. The average molecular weight is 286 g/mol. The van der Waals surface area contributed by atoms with E-state index in [9.17, 15) is 0 Å². The minimum atomic E-state index is 0.620. The number of thiophene rings is 1. The van der Waals surface area contributed by atoms with Crippen molar-refractivity contribution in [2.24, 2.45) is 0 Å². The van der Waals surface area contributed by atoms with Gasteiger partial charge < -0.3 is 9.84 Å². The molecule has 4 rings (SSSR count). The molecular weight excluding hydrogens is 272 g/mol. The summed E-state index contributed by atoms with van der Waals surface area (Å²) in [5, 5.41) is 9.51. The van der Waals surface area contributed by atoms with Crippen LogP contribution in [0.1, 0.15) is 18.7 Å². The highest BCUT2D eigenvalue weighted by atomic mass is 32.1. The third kappa shape index (κ3) is 2.44. The van der Waals surface area contributed by atoms with Gasteiger partial charge in [0.15, 0.2) is 0 Å². The molecule has 0 amide bonds. The van der Waals surface area contributed by atoms with E-state index in [1.165, 1.54) is 12.8 Å². The van der Waals surface area contributed by atoms with Crippen LogP contribution in [0.4, 0.5) is 0 Å². The van der Waals surface area contributed by atoms with Crippen molar-refractivity contribution in [2.45, 2.75) is 25.3 Å². The molecule has 3 aromatic heterocycles. The molecule has 0 aromatic carbocycles. The molecule has 1 N–H and O–H groups in total. The SMILES string of the molecule is c1cc2ncc(-c3noc(CCNC4CC4)n3)cc2s1. The Morgan fingerprint density at radius 1 is 1.40 bits per heavy atom. The van der Waals surface area contributed by atoms with Crippen LogP contribution in [0.2, 0.25) is 0 Å². The molecule has 0 radical (unpaired) electrons. The summed E-state index contributed by atoms with van der Waals surface area (Å²) in [6.07, 6.45) is 5.16. The molecule has 0 spiro atoms. The minimum Gasteiger partial charge on any atom is -0.339 e. The Kier molecular flexibility index (Phi) is 2.97. The maximum Gasteiger partial charge on any atom is 0.228 e. The summed E-state index contributed by atoms with van der Waals surface area (Å²) in [4.78, 5) is 8.83. The van der Waals surface area contributed by atoms with E-state index in [2.05, 4.69) is 26.5 Å². The second-order valence-corrected chi connectivity index (χ2v) is 5.97. The normalized spacial score (nSPS) is 15.0.